The van der Waals surface area contributed by atoms with Gasteiger partial charge in [-0.2, -0.15) is 5.10 Å². The molecule has 4 rings (SSSR count). The summed E-state index contributed by atoms with van der Waals surface area (Å²) in [6, 6.07) is 0.457. The van der Waals surface area contributed by atoms with Gasteiger partial charge in [0, 0.05) is 17.7 Å². The van der Waals surface area contributed by atoms with Crippen molar-refractivity contribution in [1.29, 1.82) is 0 Å². The van der Waals surface area contributed by atoms with Crippen LogP contribution >= 0.6 is 0 Å². The number of allylic oxidation sites excluding steroid dienone is 1. The van der Waals surface area contributed by atoms with E-state index in [0.29, 0.717) is 18.4 Å². The van der Waals surface area contributed by atoms with Crippen molar-refractivity contribution in [2.24, 2.45) is 5.92 Å². The van der Waals surface area contributed by atoms with Crippen LogP contribution in [0.1, 0.15) is 81.4 Å². The Kier molecular flexibility index (Phi) is 4.50. The Morgan fingerprint density at radius 1 is 1.04 bits per heavy atom. The van der Waals surface area contributed by atoms with Gasteiger partial charge in [-0.25, -0.2) is 18.1 Å². The lowest BCUT2D eigenvalue weighted by Crippen LogP contribution is -2.19. The molecule has 2 fully saturated rings. The molecule has 0 spiro atoms. The largest absolute Gasteiger partial charge is 0.247 e. The predicted molar refractivity (Wildman–Crippen MR) is 93.5 cm³/mol. The molecule has 0 radical (unpaired) electrons. The molecule has 0 saturated heterocycles. The summed E-state index contributed by atoms with van der Waals surface area (Å²) in [5, 5.41) is 6.30. The Balaban J connectivity index is 1.59. The van der Waals surface area contributed by atoms with Gasteiger partial charge in [-0.1, -0.05) is 38.2 Å². The van der Waals surface area contributed by atoms with Crippen LogP contribution in [0.25, 0.3) is 0 Å². The molecule has 0 amide bonds. The third-order valence-electron chi connectivity index (χ3n) is 5.81. The molecule has 1 aromatic heterocycles. The normalized spacial score (nSPS) is 27.9. The van der Waals surface area contributed by atoms with Crippen LogP contribution in [-0.4, -0.2) is 28.9 Å². The second-order valence-corrected chi connectivity index (χ2v) is 9.66. The van der Waals surface area contributed by atoms with Gasteiger partial charge in [0.2, 0.25) is 0 Å². The fourth-order valence-electron chi connectivity index (χ4n) is 4.49. The van der Waals surface area contributed by atoms with Gasteiger partial charge in [-0.3, -0.25) is 0 Å². The molecular formula is C18H27N3O2S. The van der Waals surface area contributed by atoms with Gasteiger partial charge in [-0.05, 0) is 31.6 Å². The van der Waals surface area contributed by atoms with Crippen molar-refractivity contribution in [2.45, 2.75) is 76.2 Å². The summed E-state index contributed by atoms with van der Waals surface area (Å²) < 4.78 is 25.6. The third kappa shape index (κ3) is 3.44. The van der Waals surface area contributed by atoms with E-state index in [9.17, 15) is 8.42 Å². The van der Waals surface area contributed by atoms with Crippen molar-refractivity contribution in [1.82, 2.24) is 14.8 Å². The molecule has 2 aliphatic carbocycles. The van der Waals surface area contributed by atoms with Crippen LogP contribution in [0, 0.1) is 5.92 Å². The molecule has 24 heavy (non-hydrogen) atoms. The number of aromatic nitrogens is 3. The Labute approximate surface area is 144 Å². The number of sulfone groups is 1. The van der Waals surface area contributed by atoms with E-state index in [4.69, 9.17) is 10.1 Å². The summed E-state index contributed by atoms with van der Waals surface area (Å²) in [7, 11) is -3.00. The molecule has 2 heterocycles. The minimum absolute atomic E-state index is 0.0537. The maximum atomic E-state index is 11.7. The third-order valence-corrected chi connectivity index (χ3v) is 7.27. The Hall–Kier alpha value is -1.17. The Bertz CT molecular complexity index is 711. The van der Waals surface area contributed by atoms with Crippen molar-refractivity contribution < 1.29 is 8.42 Å². The average molecular weight is 350 g/mol. The van der Waals surface area contributed by atoms with E-state index in [-0.39, 0.29) is 11.7 Å². The highest BCUT2D eigenvalue weighted by Crippen LogP contribution is 2.35. The van der Waals surface area contributed by atoms with Crippen LogP contribution in [0.4, 0.5) is 0 Å². The van der Waals surface area contributed by atoms with Crippen LogP contribution in [0.2, 0.25) is 0 Å². The molecule has 3 aliphatic rings. The fraction of sp³-hybridized carbons (Fsp3) is 0.778. The predicted octanol–water partition coefficient (Wildman–Crippen LogP) is 3.54. The molecule has 0 aromatic carbocycles. The lowest BCUT2D eigenvalue weighted by Gasteiger charge is -2.23. The first-order chi connectivity index (χ1) is 11.6. The first kappa shape index (κ1) is 16.3. The monoisotopic (exact) mass is 349 g/mol. The summed E-state index contributed by atoms with van der Waals surface area (Å²) >= 11 is 0. The lowest BCUT2D eigenvalue weighted by molar-refractivity contribution is 0.317. The number of nitrogens with zero attached hydrogens (tertiary/aromatic N) is 3. The molecule has 1 aliphatic heterocycles. The Morgan fingerprint density at radius 2 is 1.75 bits per heavy atom. The van der Waals surface area contributed by atoms with Crippen molar-refractivity contribution in [3.63, 3.8) is 0 Å². The van der Waals surface area contributed by atoms with Gasteiger partial charge in [0.15, 0.2) is 15.7 Å². The smallest absolute Gasteiger partial charge is 0.171 e. The maximum Gasteiger partial charge on any atom is 0.171 e. The highest BCUT2D eigenvalue weighted by Gasteiger charge is 2.29. The van der Waals surface area contributed by atoms with Crippen molar-refractivity contribution in [2.75, 3.05) is 5.75 Å². The molecule has 132 valence electrons. The van der Waals surface area contributed by atoms with E-state index in [0.717, 1.165) is 11.6 Å². The summed E-state index contributed by atoms with van der Waals surface area (Å²) in [6.07, 6.45) is 13.7. The summed E-state index contributed by atoms with van der Waals surface area (Å²) in [5.41, 5.74) is 0. The lowest BCUT2D eigenvalue weighted by atomic mass is 9.95. The molecule has 0 unspecified atom stereocenters. The second kappa shape index (κ2) is 6.62. The zero-order valence-electron chi connectivity index (χ0n) is 14.2. The molecule has 6 heteroatoms. The second-order valence-electron chi connectivity index (χ2n) is 7.73. The van der Waals surface area contributed by atoms with E-state index in [1.165, 1.54) is 63.2 Å². The van der Waals surface area contributed by atoms with E-state index in [2.05, 4.69) is 4.68 Å². The zero-order valence-corrected chi connectivity index (χ0v) is 15.0. The summed E-state index contributed by atoms with van der Waals surface area (Å²) in [6.45, 7) is 0. The van der Waals surface area contributed by atoms with Crippen LogP contribution < -0.4 is 0 Å². The molecule has 1 aromatic rings. The van der Waals surface area contributed by atoms with Crippen LogP contribution in [0.3, 0.4) is 0 Å². The van der Waals surface area contributed by atoms with Crippen LogP contribution in [-0.2, 0) is 16.3 Å². The Morgan fingerprint density at radius 3 is 2.42 bits per heavy atom. The molecule has 0 bridgehead atoms. The molecule has 1 atom stereocenters. The first-order valence-corrected chi connectivity index (χ1v) is 11.2. The van der Waals surface area contributed by atoms with Crippen LogP contribution in [0.15, 0.2) is 11.5 Å². The fourth-order valence-corrected chi connectivity index (χ4v) is 5.89. The number of rotatable bonds is 4. The quantitative estimate of drug-likeness (QED) is 0.834. The minimum Gasteiger partial charge on any atom is -0.247 e. The summed E-state index contributed by atoms with van der Waals surface area (Å²) in [5.74, 6) is 2.81. The van der Waals surface area contributed by atoms with E-state index >= 15 is 0 Å². The first-order valence-electron chi connectivity index (χ1n) is 9.47. The standard InChI is InChI=1S/C18H27N3O2S/c22-24(23)11-10-14(13-24)12-17-19-18(15-6-4-5-7-15)20-21(17)16-8-2-1-3-9-16/h10-11,14-16H,1-9,12-13H2/t14-/m1/s1. The van der Waals surface area contributed by atoms with Gasteiger partial charge in [-0.15, -0.1) is 0 Å². The van der Waals surface area contributed by atoms with Gasteiger partial charge in [0.1, 0.15) is 5.82 Å². The zero-order chi connectivity index (χ0) is 16.6. The summed E-state index contributed by atoms with van der Waals surface area (Å²) in [4.78, 5) is 4.90. The topological polar surface area (TPSA) is 64.8 Å². The molecule has 0 N–H and O–H groups in total. The molecule has 5 nitrogen and oxygen atoms in total. The molecular weight excluding hydrogens is 322 g/mol. The number of hydrogen-bond donors (Lipinski definition) is 0. The van der Waals surface area contributed by atoms with Crippen molar-refractivity contribution in [3.8, 4) is 0 Å². The van der Waals surface area contributed by atoms with Gasteiger partial charge in [0.05, 0.1) is 11.8 Å². The SMILES string of the molecule is O=S1(=O)C=C[C@H](Cc2nc(C3CCCC3)nn2C2CCCCC2)C1. The minimum atomic E-state index is -3.00. The average Bonchev–Trinajstić information content (AvgIpc) is 3.28. The maximum absolute atomic E-state index is 11.7. The molecule has 2 saturated carbocycles. The highest BCUT2D eigenvalue weighted by molar-refractivity contribution is 7.94. The number of hydrogen-bond acceptors (Lipinski definition) is 4. The van der Waals surface area contributed by atoms with Crippen LogP contribution in [0.5, 0.6) is 0 Å². The van der Waals surface area contributed by atoms with Gasteiger partial charge < -0.3 is 0 Å². The van der Waals surface area contributed by atoms with Gasteiger partial charge >= 0.3 is 0 Å². The van der Waals surface area contributed by atoms with Gasteiger partial charge in [0.25, 0.3) is 0 Å². The van der Waals surface area contributed by atoms with Crippen molar-refractivity contribution >= 4 is 9.84 Å². The highest BCUT2D eigenvalue weighted by atomic mass is 32.2. The van der Waals surface area contributed by atoms with Crippen molar-refractivity contribution in [3.05, 3.63) is 23.1 Å². The van der Waals surface area contributed by atoms with E-state index in [1.807, 2.05) is 6.08 Å². The van der Waals surface area contributed by atoms with E-state index in [1.54, 1.807) is 0 Å². The van der Waals surface area contributed by atoms with E-state index < -0.39 is 9.84 Å².